The number of carbonyl (C=O) groups excluding carboxylic acids is 3. The van der Waals surface area contributed by atoms with E-state index in [9.17, 15) is 24.6 Å². The number of carbonyl (C=O) groups is 3. The first-order chi connectivity index (χ1) is 20.2. The van der Waals surface area contributed by atoms with Crippen molar-refractivity contribution in [3.8, 4) is 5.75 Å². The third kappa shape index (κ3) is 7.21. The molecule has 5 N–H and O–H groups in total. The molecule has 0 bridgehead atoms. The predicted molar refractivity (Wildman–Crippen MR) is 159 cm³/mol. The molecule has 1 atom stereocenters. The fourth-order valence-electron chi connectivity index (χ4n) is 5.59. The van der Waals surface area contributed by atoms with Crippen molar-refractivity contribution in [1.82, 2.24) is 10.3 Å². The molecule has 0 saturated heterocycles. The summed E-state index contributed by atoms with van der Waals surface area (Å²) in [5.41, 5.74) is 8.23. The van der Waals surface area contributed by atoms with E-state index in [1.165, 1.54) is 25.3 Å². The van der Waals surface area contributed by atoms with E-state index in [2.05, 4.69) is 16.9 Å². The van der Waals surface area contributed by atoms with Crippen molar-refractivity contribution < 1.29 is 29.3 Å². The number of nitrogens with zero attached hydrogens (tertiary/aromatic N) is 1. The molecule has 5 rings (SSSR count). The van der Waals surface area contributed by atoms with Gasteiger partial charge in [-0.05, 0) is 86.3 Å². The molecule has 1 heterocycles. The number of aliphatic hydroxyl groups excluding tert-OH is 1. The van der Waals surface area contributed by atoms with Gasteiger partial charge in [-0.2, -0.15) is 0 Å². The molecule has 1 aromatic heterocycles. The molecule has 42 heavy (non-hydrogen) atoms. The number of amides is 1. The molecular formula is C33H39N3O6. The number of ether oxygens (including phenoxy) is 1. The van der Waals surface area contributed by atoms with Gasteiger partial charge in [0.05, 0.1) is 29.5 Å². The van der Waals surface area contributed by atoms with Crippen molar-refractivity contribution in [2.75, 3.05) is 13.7 Å². The van der Waals surface area contributed by atoms with Crippen molar-refractivity contribution in [2.45, 2.75) is 64.0 Å². The maximum absolute atomic E-state index is 13.5. The summed E-state index contributed by atoms with van der Waals surface area (Å²) in [6.45, 7) is 4.39. The van der Waals surface area contributed by atoms with E-state index < -0.39 is 5.91 Å². The van der Waals surface area contributed by atoms with Crippen LogP contribution in [0.3, 0.4) is 0 Å². The number of hydrogen-bond donors (Lipinski definition) is 4. The summed E-state index contributed by atoms with van der Waals surface area (Å²) >= 11 is 0. The van der Waals surface area contributed by atoms with Crippen molar-refractivity contribution in [2.24, 2.45) is 11.7 Å². The van der Waals surface area contributed by atoms with Crippen LogP contribution in [0, 0.1) is 5.92 Å². The highest BCUT2D eigenvalue weighted by Crippen LogP contribution is 2.40. The number of ketones is 2. The number of aliphatic hydroxyl groups is 1. The van der Waals surface area contributed by atoms with Gasteiger partial charge < -0.3 is 26.0 Å². The largest absolute Gasteiger partial charge is 0.511 e. The van der Waals surface area contributed by atoms with Gasteiger partial charge in [0, 0.05) is 37.4 Å². The lowest BCUT2D eigenvalue weighted by atomic mass is 9.73. The van der Waals surface area contributed by atoms with E-state index in [-0.39, 0.29) is 53.1 Å². The van der Waals surface area contributed by atoms with Crippen LogP contribution in [0.5, 0.6) is 5.75 Å². The van der Waals surface area contributed by atoms with E-state index in [1.807, 2.05) is 18.2 Å². The van der Waals surface area contributed by atoms with Crippen LogP contribution in [0.4, 0.5) is 0 Å². The van der Waals surface area contributed by atoms with Gasteiger partial charge >= 0.3 is 0 Å². The minimum atomic E-state index is -0.759. The highest BCUT2D eigenvalue weighted by atomic mass is 16.5. The second kappa shape index (κ2) is 14.2. The molecule has 0 radical (unpaired) electrons. The summed E-state index contributed by atoms with van der Waals surface area (Å²) in [6, 6.07) is 8.49. The summed E-state index contributed by atoms with van der Waals surface area (Å²) < 4.78 is 4.99. The molecule has 3 aliphatic rings. The molecule has 222 valence electrons. The molecule has 1 unspecified atom stereocenters. The van der Waals surface area contributed by atoms with E-state index in [0.717, 1.165) is 5.69 Å². The minimum Gasteiger partial charge on any atom is -0.511 e. The lowest BCUT2D eigenvalue weighted by molar-refractivity contribution is -0.114. The van der Waals surface area contributed by atoms with E-state index in [4.69, 9.17) is 10.5 Å². The lowest BCUT2D eigenvalue weighted by Gasteiger charge is -2.29. The Morgan fingerprint density at radius 3 is 2.55 bits per heavy atom. The van der Waals surface area contributed by atoms with Crippen LogP contribution in [0.1, 0.15) is 76.9 Å². The second-order valence-electron chi connectivity index (χ2n) is 10.9. The standard InChI is InChI=1S/C28H29N3O5.C5H10O/c1-16-5-4-6-17-13-21-20(24(34)15-30-14-18-7-2-3-12-31-18)9-11-23(33)26(21)27(35)19(17)8-10-22(32)25(16)28(29)36;1-6-5-3-2-4-5/h2-3,7-9,11-12,17,30,32-33H,1,4-6,10,13-15H2,(H2,29,36);5H,2-4H2,1H3/b19-8+,25-22-;. The third-order valence-corrected chi connectivity index (χ3v) is 8.11. The number of nitrogens with one attached hydrogen (secondary N) is 1. The Morgan fingerprint density at radius 1 is 1.14 bits per heavy atom. The molecule has 0 aliphatic heterocycles. The molecule has 0 spiro atoms. The Kier molecular flexibility index (Phi) is 10.4. The van der Waals surface area contributed by atoms with Gasteiger partial charge in [0.15, 0.2) is 11.6 Å². The van der Waals surface area contributed by atoms with Crippen LogP contribution >= 0.6 is 0 Å². The Hall–Kier alpha value is -4.08. The SMILES string of the molecule is C=C1CCCC2Cc3c(C(=O)CNCc4ccccn4)ccc(O)c3C(=O)/C2=C/C/C(O)=C\1C(N)=O.COC1CCC1. The van der Waals surface area contributed by atoms with Gasteiger partial charge in [0.25, 0.3) is 5.91 Å². The molecule has 9 nitrogen and oxygen atoms in total. The topological polar surface area (TPSA) is 152 Å². The van der Waals surface area contributed by atoms with Crippen molar-refractivity contribution in [1.29, 1.82) is 0 Å². The van der Waals surface area contributed by atoms with E-state index >= 15 is 0 Å². The third-order valence-electron chi connectivity index (χ3n) is 8.11. The van der Waals surface area contributed by atoms with Crippen molar-refractivity contribution in [3.63, 3.8) is 0 Å². The molecule has 1 saturated carbocycles. The number of allylic oxidation sites excluding steroid dienone is 2. The number of phenolic OH excluding ortho intramolecular Hbond substituents is 1. The van der Waals surface area contributed by atoms with Crippen LogP contribution in [-0.2, 0) is 22.5 Å². The van der Waals surface area contributed by atoms with Gasteiger partial charge in [-0.1, -0.05) is 18.7 Å². The van der Waals surface area contributed by atoms with Crippen LogP contribution < -0.4 is 11.1 Å². The quantitative estimate of drug-likeness (QED) is 0.349. The fourth-order valence-corrected chi connectivity index (χ4v) is 5.59. The van der Waals surface area contributed by atoms with Gasteiger partial charge in [0.1, 0.15) is 11.5 Å². The van der Waals surface area contributed by atoms with E-state index in [0.29, 0.717) is 60.6 Å². The van der Waals surface area contributed by atoms with Gasteiger partial charge in [0.2, 0.25) is 0 Å². The number of methoxy groups -OCH3 is 1. The summed E-state index contributed by atoms with van der Waals surface area (Å²) in [7, 11) is 1.78. The Labute approximate surface area is 246 Å². The number of benzene rings is 1. The van der Waals surface area contributed by atoms with Gasteiger partial charge in [-0.25, -0.2) is 0 Å². The maximum Gasteiger partial charge on any atom is 0.252 e. The second-order valence-corrected chi connectivity index (χ2v) is 10.9. The first-order valence-electron chi connectivity index (χ1n) is 14.4. The number of pyridine rings is 1. The normalized spacial score (nSPS) is 21.9. The number of nitrogens with two attached hydrogens (primary N) is 1. The summed E-state index contributed by atoms with van der Waals surface area (Å²) in [5, 5.41) is 24.2. The zero-order valence-electron chi connectivity index (χ0n) is 24.0. The number of fused-ring (bicyclic) bond motifs is 2. The van der Waals surface area contributed by atoms with E-state index in [1.54, 1.807) is 25.4 Å². The van der Waals surface area contributed by atoms with Crippen LogP contribution in [-0.4, -0.2) is 52.4 Å². The first kappa shape index (κ1) is 30.9. The zero-order chi connectivity index (χ0) is 30.2. The number of primary amides is 1. The molecule has 1 aromatic carbocycles. The Balaban J connectivity index is 0.000000600. The van der Waals surface area contributed by atoms with Gasteiger partial charge in [-0.3, -0.25) is 19.4 Å². The average molecular weight is 574 g/mol. The smallest absolute Gasteiger partial charge is 0.252 e. The van der Waals surface area contributed by atoms with Crippen molar-refractivity contribution >= 4 is 17.5 Å². The number of aromatic nitrogens is 1. The van der Waals surface area contributed by atoms with Crippen LogP contribution in [0.25, 0.3) is 0 Å². The lowest BCUT2D eigenvalue weighted by Crippen LogP contribution is -2.29. The number of aromatic hydroxyl groups is 1. The number of rotatable bonds is 7. The molecular weight excluding hydrogens is 534 g/mol. The number of Topliss-reactive ketones (excluding diaryl/α,β-unsaturated/α-hetero) is 2. The zero-order valence-corrected chi connectivity index (χ0v) is 24.0. The Bertz CT molecular complexity index is 1410. The molecule has 2 aromatic rings. The van der Waals surface area contributed by atoms with Crippen molar-refractivity contribution in [3.05, 3.63) is 94.0 Å². The number of hydrogen-bond acceptors (Lipinski definition) is 8. The molecule has 1 amide bonds. The predicted octanol–water partition coefficient (Wildman–Crippen LogP) is 4.65. The molecule has 1 fully saturated rings. The average Bonchev–Trinajstić information content (AvgIpc) is 2.92. The monoisotopic (exact) mass is 573 g/mol. The fraction of sp³-hybridized carbons (Fsp3) is 0.394. The summed E-state index contributed by atoms with van der Waals surface area (Å²) in [6.07, 6.45) is 9.86. The maximum atomic E-state index is 13.5. The highest BCUT2D eigenvalue weighted by Gasteiger charge is 2.35. The summed E-state index contributed by atoms with van der Waals surface area (Å²) in [4.78, 5) is 42.7. The minimum absolute atomic E-state index is 0.00268. The molecule has 3 aliphatic carbocycles. The van der Waals surface area contributed by atoms with Gasteiger partial charge in [-0.15, -0.1) is 0 Å². The van der Waals surface area contributed by atoms with Crippen LogP contribution in [0.2, 0.25) is 0 Å². The first-order valence-corrected chi connectivity index (χ1v) is 14.4. The Morgan fingerprint density at radius 2 is 1.93 bits per heavy atom. The molecule has 9 heteroatoms. The van der Waals surface area contributed by atoms with Crippen LogP contribution in [0.15, 0.2) is 71.7 Å². The summed E-state index contributed by atoms with van der Waals surface area (Å²) in [5.74, 6) is -1.92. The number of phenols is 1. The highest BCUT2D eigenvalue weighted by molar-refractivity contribution is 6.15.